The van der Waals surface area contributed by atoms with Crippen molar-refractivity contribution in [2.75, 3.05) is 31.1 Å². The number of rotatable bonds is 6. The molecule has 0 aliphatic carbocycles. The van der Waals surface area contributed by atoms with Crippen LogP contribution in [-0.2, 0) is 4.79 Å². The van der Waals surface area contributed by atoms with E-state index in [4.69, 9.17) is 0 Å². The van der Waals surface area contributed by atoms with Gasteiger partial charge in [-0.2, -0.15) is 0 Å². The van der Waals surface area contributed by atoms with Crippen LogP contribution < -0.4 is 10.2 Å². The smallest absolute Gasteiger partial charge is 0.219 e. The Hall–Kier alpha value is -1.92. The van der Waals surface area contributed by atoms with Crippen LogP contribution in [0, 0.1) is 5.82 Å². The van der Waals surface area contributed by atoms with Gasteiger partial charge in [-0.1, -0.05) is 13.0 Å². The van der Waals surface area contributed by atoms with Gasteiger partial charge in [0.2, 0.25) is 5.91 Å². The Morgan fingerprint density at radius 3 is 2.46 bits per heavy atom. The molecule has 0 bridgehead atoms. The van der Waals surface area contributed by atoms with Gasteiger partial charge in [-0.3, -0.25) is 9.69 Å². The zero-order chi connectivity index (χ0) is 18.5. The molecule has 2 aromatic rings. The molecule has 140 valence electrons. The molecule has 2 heterocycles. The number of nitrogens with zero attached hydrogens (tertiary/aromatic N) is 2. The lowest BCUT2D eigenvalue weighted by atomic mass is 10.0. The summed E-state index contributed by atoms with van der Waals surface area (Å²) in [6.45, 7) is 7.57. The fourth-order valence-electron chi connectivity index (χ4n) is 3.55. The van der Waals surface area contributed by atoms with E-state index in [1.807, 2.05) is 19.1 Å². The molecule has 3 rings (SSSR count). The number of nitrogens with one attached hydrogen (secondary N) is 1. The SMILES string of the molecule is CCC(=O)N[C@H](C)[C@@H](c1cccs1)N1CCN(c2ccc(F)cc2)CC1. The van der Waals surface area contributed by atoms with Gasteiger partial charge in [0.25, 0.3) is 0 Å². The van der Waals surface area contributed by atoms with Crippen molar-refractivity contribution in [2.45, 2.75) is 32.4 Å². The van der Waals surface area contributed by atoms with E-state index in [0.717, 1.165) is 31.9 Å². The molecule has 26 heavy (non-hydrogen) atoms. The number of anilines is 1. The van der Waals surface area contributed by atoms with Crippen molar-refractivity contribution in [3.8, 4) is 0 Å². The molecular weight excluding hydrogens is 349 g/mol. The Morgan fingerprint density at radius 1 is 1.19 bits per heavy atom. The third-order valence-electron chi connectivity index (χ3n) is 4.92. The van der Waals surface area contributed by atoms with Crippen molar-refractivity contribution < 1.29 is 9.18 Å². The minimum Gasteiger partial charge on any atom is -0.369 e. The Labute approximate surface area is 158 Å². The third kappa shape index (κ3) is 4.43. The van der Waals surface area contributed by atoms with E-state index in [2.05, 4.69) is 39.6 Å². The predicted octanol–water partition coefficient (Wildman–Crippen LogP) is 3.67. The van der Waals surface area contributed by atoms with E-state index in [1.165, 1.54) is 17.0 Å². The molecule has 4 nitrogen and oxygen atoms in total. The molecule has 6 heteroatoms. The first-order chi connectivity index (χ1) is 12.6. The lowest BCUT2D eigenvalue weighted by molar-refractivity contribution is -0.121. The Morgan fingerprint density at radius 2 is 1.88 bits per heavy atom. The van der Waals surface area contributed by atoms with E-state index in [-0.39, 0.29) is 23.8 Å². The molecule has 0 saturated carbocycles. The average molecular weight is 376 g/mol. The summed E-state index contributed by atoms with van der Waals surface area (Å²) in [6.07, 6.45) is 0.500. The van der Waals surface area contributed by atoms with Gasteiger partial charge in [-0.25, -0.2) is 4.39 Å². The number of piperazine rings is 1. The molecule has 1 N–H and O–H groups in total. The highest BCUT2D eigenvalue weighted by molar-refractivity contribution is 7.10. The van der Waals surface area contributed by atoms with Crippen molar-refractivity contribution in [2.24, 2.45) is 0 Å². The van der Waals surface area contributed by atoms with E-state index < -0.39 is 0 Å². The summed E-state index contributed by atoms with van der Waals surface area (Å²) in [7, 11) is 0. The molecule has 1 aromatic carbocycles. The summed E-state index contributed by atoms with van der Waals surface area (Å²) in [6, 6.07) is 11.2. The first-order valence-electron chi connectivity index (χ1n) is 9.16. The van der Waals surface area contributed by atoms with Crippen LogP contribution in [0.5, 0.6) is 0 Å². The van der Waals surface area contributed by atoms with Crippen LogP contribution in [0.4, 0.5) is 10.1 Å². The zero-order valence-electron chi connectivity index (χ0n) is 15.3. The topological polar surface area (TPSA) is 35.6 Å². The van der Waals surface area contributed by atoms with Crippen molar-refractivity contribution >= 4 is 22.9 Å². The number of benzene rings is 1. The zero-order valence-corrected chi connectivity index (χ0v) is 16.1. The standard InChI is InChI=1S/C20H26FN3OS/c1-3-19(25)22-15(2)20(18-5-4-14-26-18)24-12-10-23(11-13-24)17-8-6-16(21)7-9-17/h4-9,14-15,20H,3,10-13H2,1-2H3,(H,22,25)/t15-,20+/m1/s1. The predicted molar refractivity (Wildman–Crippen MR) is 105 cm³/mol. The summed E-state index contributed by atoms with van der Waals surface area (Å²) < 4.78 is 13.1. The number of thiophene rings is 1. The van der Waals surface area contributed by atoms with Gasteiger partial charge in [-0.15, -0.1) is 11.3 Å². The highest BCUT2D eigenvalue weighted by Gasteiger charge is 2.30. The van der Waals surface area contributed by atoms with Crippen LogP contribution in [0.15, 0.2) is 41.8 Å². The first kappa shape index (κ1) is 18.9. The molecule has 1 aliphatic rings. The van der Waals surface area contributed by atoms with Crippen LogP contribution in [0.25, 0.3) is 0 Å². The van der Waals surface area contributed by atoms with Gasteiger partial charge in [0.15, 0.2) is 0 Å². The molecule has 2 atom stereocenters. The van der Waals surface area contributed by atoms with Crippen molar-refractivity contribution in [1.82, 2.24) is 10.2 Å². The summed E-state index contributed by atoms with van der Waals surface area (Å²) in [4.78, 5) is 17.9. The number of carbonyl (C=O) groups is 1. The Bertz CT molecular complexity index is 696. The monoisotopic (exact) mass is 375 g/mol. The van der Waals surface area contributed by atoms with Crippen molar-refractivity contribution in [3.63, 3.8) is 0 Å². The van der Waals surface area contributed by atoms with Crippen molar-refractivity contribution in [3.05, 3.63) is 52.5 Å². The molecule has 0 radical (unpaired) electrons. The van der Waals surface area contributed by atoms with Gasteiger partial charge in [0.05, 0.1) is 6.04 Å². The maximum Gasteiger partial charge on any atom is 0.219 e. The largest absolute Gasteiger partial charge is 0.369 e. The highest BCUT2D eigenvalue weighted by Crippen LogP contribution is 2.30. The molecule has 1 saturated heterocycles. The molecule has 0 unspecified atom stereocenters. The summed E-state index contributed by atoms with van der Waals surface area (Å²) in [5.41, 5.74) is 1.06. The third-order valence-corrected chi connectivity index (χ3v) is 5.86. The number of amides is 1. The normalized spacial score (nSPS) is 17.7. The lowest BCUT2D eigenvalue weighted by Crippen LogP contribution is -2.52. The van der Waals surface area contributed by atoms with Crippen LogP contribution in [0.1, 0.15) is 31.2 Å². The second kappa shape index (κ2) is 8.64. The molecule has 1 aromatic heterocycles. The number of halogens is 1. The summed E-state index contributed by atoms with van der Waals surface area (Å²) >= 11 is 1.74. The van der Waals surface area contributed by atoms with E-state index in [9.17, 15) is 9.18 Å². The molecule has 1 fully saturated rings. The Balaban J connectivity index is 1.69. The van der Waals surface area contributed by atoms with Gasteiger partial charge in [0.1, 0.15) is 5.82 Å². The number of carbonyl (C=O) groups excluding carboxylic acids is 1. The maximum atomic E-state index is 13.1. The average Bonchev–Trinajstić information content (AvgIpc) is 3.17. The fraction of sp³-hybridized carbons (Fsp3) is 0.450. The van der Waals surface area contributed by atoms with Crippen molar-refractivity contribution in [1.29, 1.82) is 0 Å². The van der Waals surface area contributed by atoms with Crippen LogP contribution in [0.3, 0.4) is 0 Å². The molecule has 1 amide bonds. The Kier molecular flexibility index (Phi) is 6.27. The van der Waals surface area contributed by atoms with Gasteiger partial charge in [0, 0.05) is 49.2 Å². The summed E-state index contributed by atoms with van der Waals surface area (Å²) in [5.74, 6) is -0.116. The van der Waals surface area contributed by atoms with Crippen LogP contribution >= 0.6 is 11.3 Å². The van der Waals surface area contributed by atoms with E-state index in [1.54, 1.807) is 11.3 Å². The highest BCUT2D eigenvalue weighted by atomic mass is 32.1. The van der Waals surface area contributed by atoms with Crippen LogP contribution in [-0.4, -0.2) is 43.0 Å². The second-order valence-corrected chi connectivity index (χ2v) is 7.65. The second-order valence-electron chi connectivity index (χ2n) is 6.67. The number of hydrogen-bond donors (Lipinski definition) is 1. The van der Waals surface area contributed by atoms with Gasteiger partial charge >= 0.3 is 0 Å². The quantitative estimate of drug-likeness (QED) is 0.837. The maximum absolute atomic E-state index is 13.1. The van der Waals surface area contributed by atoms with E-state index in [0.29, 0.717) is 6.42 Å². The lowest BCUT2D eigenvalue weighted by Gasteiger charge is -2.42. The molecule has 0 spiro atoms. The first-order valence-corrected chi connectivity index (χ1v) is 10.0. The molecular formula is C20H26FN3OS. The van der Waals surface area contributed by atoms with Gasteiger partial charge in [-0.05, 0) is 42.6 Å². The fourth-order valence-corrected chi connectivity index (χ4v) is 4.51. The van der Waals surface area contributed by atoms with E-state index >= 15 is 0 Å². The minimum atomic E-state index is -0.203. The minimum absolute atomic E-state index is 0.0541. The summed E-state index contributed by atoms with van der Waals surface area (Å²) in [5, 5.41) is 5.22. The van der Waals surface area contributed by atoms with Gasteiger partial charge < -0.3 is 10.2 Å². The van der Waals surface area contributed by atoms with Crippen LogP contribution in [0.2, 0.25) is 0 Å². The number of hydrogen-bond acceptors (Lipinski definition) is 4. The molecule has 1 aliphatic heterocycles.